The van der Waals surface area contributed by atoms with Crippen LogP contribution in [-0.2, 0) is 33.1 Å². The molecule has 0 saturated carbocycles. The van der Waals surface area contributed by atoms with Crippen molar-refractivity contribution in [1.82, 2.24) is 0 Å². The monoisotopic (exact) mass is 979 g/mol. The number of hydrogen-bond acceptors (Lipinski definition) is 14. The van der Waals surface area contributed by atoms with Gasteiger partial charge in [-0.15, -0.1) is 0 Å². The molecule has 27 heteroatoms. The van der Waals surface area contributed by atoms with Crippen LogP contribution in [0.15, 0.2) is 72.8 Å². The van der Waals surface area contributed by atoms with Gasteiger partial charge in [0, 0.05) is 39.9 Å². The fourth-order valence-corrected chi connectivity index (χ4v) is 4.29. The van der Waals surface area contributed by atoms with Crippen LogP contribution in [0, 0.1) is 23.3 Å². The van der Waals surface area contributed by atoms with E-state index in [1.54, 1.807) is 6.07 Å². The molecule has 1 saturated heterocycles. The molecular formula is C40H46BF4LiNaO19S. The third kappa shape index (κ3) is 28.8. The summed E-state index contributed by atoms with van der Waals surface area (Å²) in [6, 6.07) is 15.5. The van der Waals surface area contributed by atoms with Gasteiger partial charge in [0.05, 0.1) is 53.7 Å². The van der Waals surface area contributed by atoms with Crippen molar-refractivity contribution in [2.75, 3.05) is 27.4 Å². The topological polar surface area (TPSA) is 347 Å². The molecule has 9 N–H and O–H groups in total. The summed E-state index contributed by atoms with van der Waals surface area (Å²) in [6.07, 6.45) is 2.56. The minimum atomic E-state index is -4.67. The Hall–Kier alpha value is -4.85. The molecule has 4 aromatic rings. The molecule has 4 aromatic carbocycles. The van der Waals surface area contributed by atoms with E-state index in [1.165, 1.54) is 75.2 Å². The third-order valence-electron chi connectivity index (χ3n) is 7.18. The molecule has 0 aromatic heterocycles. The van der Waals surface area contributed by atoms with E-state index in [0.29, 0.717) is 0 Å². The average molecular weight is 980 g/mol. The van der Waals surface area contributed by atoms with Gasteiger partial charge >= 0.3 is 82.7 Å². The summed E-state index contributed by atoms with van der Waals surface area (Å²) in [5.74, 6) is -9.37. The number of benzene rings is 4. The van der Waals surface area contributed by atoms with Crippen molar-refractivity contribution in [2.45, 2.75) is 39.9 Å². The number of carbonyl (C=O) groups excluding carboxylic acids is 3. The fraction of sp³-hybridized carbons (Fsp3) is 0.250. The van der Waals surface area contributed by atoms with Gasteiger partial charge < -0.3 is 47.0 Å². The molecule has 0 spiro atoms. The molecule has 3 radical (unpaired) electrons. The second-order valence-electron chi connectivity index (χ2n) is 11.5. The number of carboxylic acid groups (broad SMARTS) is 3. The summed E-state index contributed by atoms with van der Waals surface area (Å²) in [5, 5.41) is 49.6. The molecule has 0 unspecified atom stereocenters. The number of hydrogen-bond donors (Lipinski definition) is 8. The number of halogens is 4. The largest absolute Gasteiger partial charge is 1.00 e. The Labute approximate surface area is 419 Å². The van der Waals surface area contributed by atoms with Crippen LogP contribution in [0.2, 0.25) is 0 Å². The second-order valence-corrected chi connectivity index (χ2v) is 12.4. The van der Waals surface area contributed by atoms with Gasteiger partial charge in [0.15, 0.2) is 17.4 Å². The maximum absolute atomic E-state index is 13.4. The van der Waals surface area contributed by atoms with Gasteiger partial charge in [-0.3, -0.25) is 18.7 Å². The van der Waals surface area contributed by atoms with Crippen LogP contribution in [-0.4, -0.2) is 125 Å². The predicted octanol–water partition coefficient (Wildman–Crippen LogP) is -1.11. The number of rotatable bonds is 8. The van der Waals surface area contributed by atoms with E-state index in [0.717, 1.165) is 45.6 Å². The van der Waals surface area contributed by atoms with E-state index in [1.807, 2.05) is 0 Å². The van der Waals surface area contributed by atoms with Crippen molar-refractivity contribution in [3.05, 3.63) is 141 Å². The third-order valence-corrected chi connectivity index (χ3v) is 7.18. The number of carboxylic acids is 3. The van der Waals surface area contributed by atoms with Gasteiger partial charge in [0.25, 0.3) is 0 Å². The van der Waals surface area contributed by atoms with Crippen molar-refractivity contribution in [3.8, 4) is 0 Å². The van der Waals surface area contributed by atoms with Crippen LogP contribution < -0.4 is 48.4 Å². The second kappa shape index (κ2) is 39.2. The van der Waals surface area contributed by atoms with E-state index >= 15 is 0 Å². The Kier molecular flexibility index (Phi) is 43.1. The van der Waals surface area contributed by atoms with E-state index in [2.05, 4.69) is 4.74 Å². The van der Waals surface area contributed by atoms with Crippen molar-refractivity contribution in [1.29, 1.82) is 0 Å². The molecule has 0 amide bonds. The first-order valence-corrected chi connectivity index (χ1v) is 18.7. The first-order chi connectivity index (χ1) is 29.4. The number of carbonyl (C=O) groups is 6. The zero-order chi connectivity index (χ0) is 49.0. The standard InChI is InChI=1S/C10H9FO3.C9H9FO2.C8H5FO4.C8H7FO3.C4H8O.CH4O.B.Li.Na.H2O4S.H2O.H/c1-6(12)7-4-3-5-8(9(7)11)10(13)14-2;1-6(12)8-4-2-3-7(5-11)9(8)10;9-6-4(7(10)11)2-1-3-5(6)8(12)13;9-7-5(4-10)2-1-3-6(7)8(11)12;1-2-4-5-3-1;1-2;;;;1-5(2,3)4;;/h3-5H,1-2H3;2-4,11H,5H2,1H3;1-3H,(H,10,11)(H,12,13);1-3,10H,4H2,(H,11,12);1-4H2;2H,1H3;;;;(H2,1,2,3,4);1H2;/q;;;;;;;2*+1;;;-1/p-1. The molecule has 0 atom stereocenters. The van der Waals surface area contributed by atoms with Crippen molar-refractivity contribution >= 4 is 54.3 Å². The molecule has 359 valence electrons. The number of ketones is 2. The summed E-state index contributed by atoms with van der Waals surface area (Å²) in [7, 11) is -2.51. The Morgan fingerprint density at radius 1 is 0.597 bits per heavy atom. The first-order valence-electron chi connectivity index (χ1n) is 17.3. The molecule has 1 aliphatic rings. The molecule has 5 rings (SSSR count). The van der Waals surface area contributed by atoms with Gasteiger partial charge in [-0.1, -0.05) is 36.4 Å². The van der Waals surface area contributed by atoms with E-state index in [-0.39, 0.29) is 104 Å². The molecule has 1 aliphatic heterocycles. The maximum atomic E-state index is 13.4. The summed E-state index contributed by atoms with van der Waals surface area (Å²) in [4.78, 5) is 63.9. The summed E-state index contributed by atoms with van der Waals surface area (Å²) >= 11 is 0. The van der Waals surface area contributed by atoms with E-state index in [4.69, 9.17) is 52.9 Å². The summed E-state index contributed by atoms with van der Waals surface area (Å²) in [6.45, 7) is 3.65. The average Bonchev–Trinajstić information content (AvgIpc) is 3.82. The van der Waals surface area contributed by atoms with Crippen molar-refractivity contribution in [3.63, 3.8) is 0 Å². The molecule has 0 aliphatic carbocycles. The van der Waals surface area contributed by atoms with Gasteiger partial charge in [-0.25, -0.2) is 36.7 Å². The van der Waals surface area contributed by atoms with Gasteiger partial charge in [0.1, 0.15) is 17.5 Å². The minimum Gasteiger partial charge on any atom is -1.00 e. The Balaban J connectivity index is -0.000000132. The molecule has 67 heavy (non-hydrogen) atoms. The SMILES string of the molecule is C1CCOC1.CC(=O)c1cccc(CO)c1F.CO.COC(=O)c1cccc(C(C)=O)c1F.O=C(O)c1cccc(C(=O)O)c1F.O=C(O)c1cccc(CO)c1F.O=S(=O)(O)O.[B].[H-].[Li+].[Na+].[OH-]. The summed E-state index contributed by atoms with van der Waals surface area (Å²) in [5.41, 5.74) is -1.84. The van der Waals surface area contributed by atoms with Crippen LogP contribution in [0.25, 0.3) is 0 Å². The van der Waals surface area contributed by atoms with Crippen molar-refractivity contribution in [2.24, 2.45) is 0 Å². The summed E-state index contributed by atoms with van der Waals surface area (Å²) < 4.78 is 93.5. The Morgan fingerprint density at radius 3 is 1.12 bits per heavy atom. The molecular weight excluding hydrogens is 933 g/mol. The molecule has 1 fully saturated rings. The van der Waals surface area contributed by atoms with Gasteiger partial charge in [0.2, 0.25) is 0 Å². The number of aliphatic hydroxyl groups is 3. The van der Waals surface area contributed by atoms with Gasteiger partial charge in [-0.2, -0.15) is 8.42 Å². The van der Waals surface area contributed by atoms with Crippen LogP contribution in [0.1, 0.15) is 101 Å². The van der Waals surface area contributed by atoms with Crippen LogP contribution in [0.4, 0.5) is 17.6 Å². The zero-order valence-corrected chi connectivity index (χ0v) is 39.6. The number of aromatic carboxylic acids is 3. The Bertz CT molecular complexity index is 2180. The van der Waals surface area contributed by atoms with Crippen LogP contribution in [0.3, 0.4) is 0 Å². The first kappa shape index (κ1) is 73.7. The van der Waals surface area contributed by atoms with Crippen LogP contribution in [0.5, 0.6) is 0 Å². The quantitative estimate of drug-likeness (QED) is 0.0341. The van der Waals surface area contributed by atoms with Crippen molar-refractivity contribution < 1.29 is 159 Å². The van der Waals surface area contributed by atoms with Crippen LogP contribution >= 0.6 is 0 Å². The number of Topliss-reactive ketones (excluding diaryl/α,β-unsaturated/α-hetero) is 2. The number of methoxy groups -OCH3 is 1. The number of ether oxygens (including phenoxy) is 2. The maximum Gasteiger partial charge on any atom is 1.00 e. The Morgan fingerprint density at radius 2 is 0.851 bits per heavy atom. The van der Waals surface area contributed by atoms with Gasteiger partial charge in [-0.05, 0) is 63.1 Å². The van der Waals surface area contributed by atoms with E-state index in [9.17, 15) is 46.3 Å². The fourth-order valence-electron chi connectivity index (χ4n) is 4.29. The predicted molar refractivity (Wildman–Crippen MR) is 221 cm³/mol. The number of esters is 1. The zero-order valence-electron chi connectivity index (χ0n) is 37.8. The molecule has 19 nitrogen and oxygen atoms in total. The normalized spacial score (nSPS) is 10.2. The smallest absolute Gasteiger partial charge is 1.00 e. The molecule has 0 bridgehead atoms. The van der Waals surface area contributed by atoms with E-state index < -0.39 is 86.6 Å². The molecule has 1 heterocycles. The minimum absolute atomic E-state index is 0. The number of aliphatic hydroxyl groups excluding tert-OH is 3.